The molecule has 1 aliphatic carbocycles. The zero-order valence-corrected chi connectivity index (χ0v) is 9.00. The van der Waals surface area contributed by atoms with Crippen LogP contribution in [0.3, 0.4) is 0 Å². The molecule has 0 saturated heterocycles. The molecule has 0 nitrogen and oxygen atoms in total. The largest absolute Gasteiger partial charge is 0.416 e. The fourth-order valence-electron chi connectivity index (χ4n) is 1.73. The quantitative estimate of drug-likeness (QED) is 0.528. The molecule has 1 rings (SSSR count). The first-order valence-electron chi connectivity index (χ1n) is 4.79. The lowest BCUT2D eigenvalue weighted by molar-refractivity contribution is -0.0905. The molecule has 0 heterocycles. The van der Waals surface area contributed by atoms with Crippen LogP contribution in [-0.2, 0) is 0 Å². The van der Waals surface area contributed by atoms with Gasteiger partial charge in [-0.05, 0) is 17.9 Å². The van der Waals surface area contributed by atoms with Crippen molar-refractivity contribution in [2.45, 2.75) is 39.8 Å². The van der Waals surface area contributed by atoms with E-state index in [0.29, 0.717) is 6.08 Å². The van der Waals surface area contributed by atoms with E-state index in [1.165, 1.54) is 0 Å². The molecule has 0 bridgehead atoms. The van der Waals surface area contributed by atoms with Crippen molar-refractivity contribution in [3.63, 3.8) is 0 Å². The van der Waals surface area contributed by atoms with Gasteiger partial charge in [-0.1, -0.05) is 26.3 Å². The lowest BCUT2D eigenvalue weighted by Crippen LogP contribution is -2.22. The van der Waals surface area contributed by atoms with E-state index in [1.807, 2.05) is 0 Å². The molecular formula is C11H14F4. The first kappa shape index (κ1) is 12.3. The zero-order valence-electron chi connectivity index (χ0n) is 9.00. The highest BCUT2D eigenvalue weighted by Crippen LogP contribution is 2.43. The Morgan fingerprint density at radius 2 is 1.60 bits per heavy atom. The summed E-state index contributed by atoms with van der Waals surface area (Å²) in [4.78, 5) is 0. The molecule has 0 spiro atoms. The van der Waals surface area contributed by atoms with E-state index < -0.39 is 23.0 Å². The van der Waals surface area contributed by atoms with Crippen LogP contribution in [0, 0.1) is 5.41 Å². The first-order valence-corrected chi connectivity index (χ1v) is 4.79. The smallest absolute Gasteiger partial charge is 0.212 e. The van der Waals surface area contributed by atoms with Crippen LogP contribution in [-0.4, -0.2) is 6.18 Å². The lowest BCUT2D eigenvalue weighted by Gasteiger charge is -2.29. The van der Waals surface area contributed by atoms with Crippen LogP contribution in [0.25, 0.3) is 0 Å². The van der Waals surface area contributed by atoms with Crippen molar-refractivity contribution < 1.29 is 17.6 Å². The van der Waals surface area contributed by atoms with Crippen LogP contribution in [0.15, 0.2) is 23.0 Å². The van der Waals surface area contributed by atoms with Gasteiger partial charge in [0, 0.05) is 6.42 Å². The van der Waals surface area contributed by atoms with Crippen LogP contribution >= 0.6 is 0 Å². The minimum absolute atomic E-state index is 0.0756. The second-order valence-electron chi connectivity index (χ2n) is 4.73. The molecule has 0 N–H and O–H groups in total. The molecule has 0 fully saturated rings. The van der Waals surface area contributed by atoms with Crippen LogP contribution < -0.4 is 0 Å². The number of hydrogen-bond acceptors (Lipinski definition) is 0. The number of halogens is 4. The summed E-state index contributed by atoms with van der Waals surface area (Å²) in [5.41, 5.74) is -1.09. The normalized spacial score (nSPS) is 19.3. The highest BCUT2D eigenvalue weighted by Gasteiger charge is 2.39. The fourth-order valence-corrected chi connectivity index (χ4v) is 1.73. The molecule has 0 radical (unpaired) electrons. The van der Waals surface area contributed by atoms with Crippen LogP contribution in [0.2, 0.25) is 0 Å². The van der Waals surface area contributed by atoms with Crippen LogP contribution in [0.1, 0.15) is 33.6 Å². The minimum atomic E-state index is -4.46. The molecule has 86 valence electrons. The topological polar surface area (TPSA) is 0 Å². The summed E-state index contributed by atoms with van der Waals surface area (Å²) < 4.78 is 50.7. The maximum Gasteiger partial charge on any atom is 0.416 e. The van der Waals surface area contributed by atoms with Gasteiger partial charge in [0.1, 0.15) is 5.83 Å². The van der Waals surface area contributed by atoms with E-state index in [-0.39, 0.29) is 18.4 Å². The monoisotopic (exact) mass is 222 g/mol. The molecule has 0 amide bonds. The van der Waals surface area contributed by atoms with Crippen molar-refractivity contribution in [2.75, 3.05) is 0 Å². The molecule has 0 unspecified atom stereocenters. The Hall–Kier alpha value is -0.800. The minimum Gasteiger partial charge on any atom is -0.212 e. The van der Waals surface area contributed by atoms with Gasteiger partial charge in [-0.2, -0.15) is 13.2 Å². The Kier molecular flexibility index (Phi) is 2.99. The van der Waals surface area contributed by atoms with Gasteiger partial charge in [0.25, 0.3) is 0 Å². The second-order valence-corrected chi connectivity index (χ2v) is 4.73. The van der Waals surface area contributed by atoms with E-state index in [0.717, 1.165) is 0 Å². The molecular weight excluding hydrogens is 208 g/mol. The molecule has 0 atom stereocenters. The second kappa shape index (κ2) is 3.65. The predicted molar refractivity (Wildman–Crippen MR) is 51.0 cm³/mol. The van der Waals surface area contributed by atoms with Gasteiger partial charge < -0.3 is 0 Å². The van der Waals surface area contributed by atoms with Gasteiger partial charge in [-0.25, -0.2) is 4.39 Å². The van der Waals surface area contributed by atoms with E-state index in [4.69, 9.17) is 0 Å². The van der Waals surface area contributed by atoms with Crippen molar-refractivity contribution in [1.29, 1.82) is 0 Å². The average Bonchev–Trinajstić information content (AvgIpc) is 2.00. The van der Waals surface area contributed by atoms with Crippen LogP contribution in [0.5, 0.6) is 0 Å². The fraction of sp³-hybridized carbons (Fsp3) is 0.636. The summed E-state index contributed by atoms with van der Waals surface area (Å²) in [5.74, 6) is -0.685. The van der Waals surface area contributed by atoms with Crippen molar-refractivity contribution in [3.8, 4) is 0 Å². The Labute approximate surface area is 86.7 Å². The highest BCUT2D eigenvalue weighted by molar-refractivity contribution is 5.37. The van der Waals surface area contributed by atoms with Crippen molar-refractivity contribution in [1.82, 2.24) is 0 Å². The Morgan fingerprint density at radius 3 is 2.00 bits per heavy atom. The van der Waals surface area contributed by atoms with Crippen molar-refractivity contribution >= 4 is 0 Å². The molecule has 4 heteroatoms. The maximum atomic E-state index is 12.9. The number of alkyl halides is 3. The summed E-state index contributed by atoms with van der Waals surface area (Å²) >= 11 is 0. The van der Waals surface area contributed by atoms with Gasteiger partial charge in [0.2, 0.25) is 0 Å². The van der Waals surface area contributed by atoms with E-state index in [2.05, 4.69) is 0 Å². The Bertz CT molecular complexity index is 312. The van der Waals surface area contributed by atoms with Gasteiger partial charge in [-0.15, -0.1) is 0 Å². The Morgan fingerprint density at radius 1 is 1.07 bits per heavy atom. The summed E-state index contributed by atoms with van der Waals surface area (Å²) in [5, 5.41) is 0. The van der Waals surface area contributed by atoms with Gasteiger partial charge in [-0.3, -0.25) is 0 Å². The summed E-state index contributed by atoms with van der Waals surface area (Å²) in [6.45, 7) is 5.14. The standard InChI is InChI=1S/C11H14F4/c1-10(2,3)8-5-4-7(12)6-9(8)11(13,14)15/h6H,4-5H2,1-3H3. The average molecular weight is 222 g/mol. The van der Waals surface area contributed by atoms with Crippen molar-refractivity contribution in [3.05, 3.63) is 23.0 Å². The third-order valence-corrected chi connectivity index (χ3v) is 2.45. The lowest BCUT2D eigenvalue weighted by atomic mass is 9.78. The highest BCUT2D eigenvalue weighted by atomic mass is 19.4. The third-order valence-electron chi connectivity index (χ3n) is 2.45. The summed E-state index contributed by atoms with van der Waals surface area (Å²) in [7, 11) is 0. The van der Waals surface area contributed by atoms with Gasteiger partial charge in [0.15, 0.2) is 0 Å². The van der Waals surface area contributed by atoms with Gasteiger partial charge >= 0.3 is 6.18 Å². The van der Waals surface area contributed by atoms with E-state index in [1.54, 1.807) is 20.8 Å². The van der Waals surface area contributed by atoms with E-state index >= 15 is 0 Å². The molecule has 0 aromatic carbocycles. The molecule has 0 aromatic rings. The summed E-state index contributed by atoms with van der Waals surface area (Å²) in [6.07, 6.45) is -3.60. The van der Waals surface area contributed by atoms with E-state index in [9.17, 15) is 17.6 Å². The maximum absolute atomic E-state index is 12.9. The first-order chi connectivity index (χ1) is 6.62. The Balaban J connectivity index is 3.27. The third kappa shape index (κ3) is 2.83. The van der Waals surface area contributed by atoms with Crippen molar-refractivity contribution in [2.24, 2.45) is 5.41 Å². The number of rotatable bonds is 0. The molecule has 0 saturated carbocycles. The number of hydrogen-bond donors (Lipinski definition) is 0. The molecule has 1 aliphatic rings. The predicted octanol–water partition coefficient (Wildman–Crippen LogP) is 4.54. The van der Waals surface area contributed by atoms with Crippen LogP contribution in [0.4, 0.5) is 17.6 Å². The molecule has 0 aromatic heterocycles. The zero-order chi connectivity index (χ0) is 11.9. The summed E-state index contributed by atoms with van der Waals surface area (Å²) in [6, 6.07) is 0. The van der Waals surface area contributed by atoms with Gasteiger partial charge in [0.05, 0.1) is 5.57 Å². The molecule has 0 aliphatic heterocycles. The molecule has 15 heavy (non-hydrogen) atoms. The number of allylic oxidation sites excluding steroid dienone is 4. The SMILES string of the molecule is CC(C)(C)C1=C(C(F)(F)F)C=C(F)CC1.